The zero-order valence-corrected chi connectivity index (χ0v) is 12.9. The summed E-state index contributed by atoms with van der Waals surface area (Å²) in [7, 11) is 0. The average Bonchev–Trinajstić information content (AvgIpc) is 2.34. The predicted octanol–water partition coefficient (Wildman–Crippen LogP) is 4.48. The minimum atomic E-state index is 0.480. The Morgan fingerprint density at radius 1 is 0.833 bits per heavy atom. The molecular formula is C15H31LiO2. The first-order valence-corrected chi connectivity index (χ1v) is 7.92. The molecule has 0 fully saturated rings. The molecule has 0 N–H and O–H groups in total. The van der Waals surface area contributed by atoms with Gasteiger partial charge in [-0.2, -0.15) is 0 Å². The SMILES string of the molecule is [Li][CH](C)CCCOCOCCCCCCCCC. The van der Waals surface area contributed by atoms with Crippen LogP contribution in [0.4, 0.5) is 0 Å². The van der Waals surface area contributed by atoms with E-state index in [9.17, 15) is 0 Å². The molecule has 0 heterocycles. The van der Waals surface area contributed by atoms with E-state index in [1.165, 1.54) is 51.4 Å². The summed E-state index contributed by atoms with van der Waals surface area (Å²) >= 11 is 2.25. The van der Waals surface area contributed by atoms with Gasteiger partial charge in [0.2, 0.25) is 0 Å². The first-order valence-electron chi connectivity index (χ1n) is 7.92. The van der Waals surface area contributed by atoms with Crippen LogP contribution in [0.2, 0.25) is 4.59 Å². The van der Waals surface area contributed by atoms with Crippen LogP contribution in [-0.2, 0) is 9.47 Å². The fourth-order valence-corrected chi connectivity index (χ4v) is 1.93. The third-order valence-electron chi connectivity index (χ3n) is 3.13. The second kappa shape index (κ2) is 15.6. The number of hydrogen-bond donors (Lipinski definition) is 0. The van der Waals surface area contributed by atoms with Crippen molar-refractivity contribution in [3.8, 4) is 0 Å². The Labute approximate surface area is 123 Å². The third kappa shape index (κ3) is 16.5. The number of rotatable bonds is 14. The van der Waals surface area contributed by atoms with E-state index >= 15 is 0 Å². The topological polar surface area (TPSA) is 18.5 Å². The number of hydrogen-bond acceptors (Lipinski definition) is 2. The minimum Gasteiger partial charge on any atom is -0.0654 e. The van der Waals surface area contributed by atoms with E-state index in [4.69, 9.17) is 9.47 Å². The quantitative estimate of drug-likeness (QED) is 0.257. The van der Waals surface area contributed by atoms with Crippen LogP contribution in [0.1, 0.15) is 71.6 Å². The Kier molecular flexibility index (Phi) is 16.0. The van der Waals surface area contributed by atoms with Gasteiger partial charge in [0.05, 0.1) is 0 Å². The van der Waals surface area contributed by atoms with E-state index in [1.807, 2.05) is 0 Å². The molecule has 0 aliphatic carbocycles. The molecule has 1 atom stereocenters. The van der Waals surface area contributed by atoms with Gasteiger partial charge >= 0.3 is 97.2 Å². The second-order valence-corrected chi connectivity index (χ2v) is 5.59. The summed E-state index contributed by atoms with van der Waals surface area (Å²) in [6, 6.07) is 0. The van der Waals surface area contributed by atoms with Crippen molar-refractivity contribution in [3.63, 3.8) is 0 Å². The molecule has 0 spiro atoms. The summed E-state index contributed by atoms with van der Waals surface area (Å²) in [4.78, 5) is 0. The number of unbranched alkanes of at least 4 members (excludes halogenated alkanes) is 6. The van der Waals surface area contributed by atoms with E-state index in [0.29, 0.717) is 6.79 Å². The van der Waals surface area contributed by atoms with Crippen molar-refractivity contribution < 1.29 is 9.47 Å². The van der Waals surface area contributed by atoms with E-state index in [0.717, 1.165) is 24.2 Å². The minimum absolute atomic E-state index is 0.480. The molecule has 0 aromatic carbocycles. The monoisotopic (exact) mass is 250 g/mol. The summed E-state index contributed by atoms with van der Waals surface area (Å²) in [5.41, 5.74) is 0. The summed E-state index contributed by atoms with van der Waals surface area (Å²) in [5.74, 6) is 0. The summed E-state index contributed by atoms with van der Waals surface area (Å²) in [5, 5.41) is 0. The van der Waals surface area contributed by atoms with Crippen molar-refractivity contribution in [2.24, 2.45) is 0 Å². The Balaban J connectivity index is 2.90. The fraction of sp³-hybridized carbons (Fsp3) is 1.00. The molecule has 3 heteroatoms. The molecule has 0 radical (unpaired) electrons. The molecule has 2 nitrogen and oxygen atoms in total. The normalized spacial score (nSPS) is 12.9. The average molecular weight is 250 g/mol. The van der Waals surface area contributed by atoms with Crippen molar-refractivity contribution >= 4 is 17.7 Å². The van der Waals surface area contributed by atoms with Gasteiger partial charge in [-0.05, 0) is 0 Å². The van der Waals surface area contributed by atoms with E-state index in [1.54, 1.807) is 0 Å². The molecule has 0 aliphatic heterocycles. The van der Waals surface area contributed by atoms with E-state index < -0.39 is 0 Å². The van der Waals surface area contributed by atoms with Gasteiger partial charge in [-0.15, -0.1) is 0 Å². The molecule has 0 aromatic heterocycles. The van der Waals surface area contributed by atoms with Crippen molar-refractivity contribution in [3.05, 3.63) is 0 Å². The first-order chi connectivity index (χ1) is 8.77. The predicted molar refractivity (Wildman–Crippen MR) is 79.2 cm³/mol. The standard InChI is InChI=1S/C15H31O2.Li/c1-3-5-7-8-9-10-12-14-17-15-16-13-11-6-4-2;/h4H,3,5-15H2,1-2H3;. The van der Waals surface area contributed by atoms with Gasteiger partial charge in [0, 0.05) is 0 Å². The summed E-state index contributed by atoms with van der Waals surface area (Å²) in [6.07, 6.45) is 11.8. The van der Waals surface area contributed by atoms with Crippen molar-refractivity contribution in [2.45, 2.75) is 76.2 Å². The molecule has 1 unspecified atom stereocenters. The van der Waals surface area contributed by atoms with Crippen LogP contribution in [0.15, 0.2) is 0 Å². The van der Waals surface area contributed by atoms with Crippen LogP contribution in [-0.4, -0.2) is 37.7 Å². The molecule has 0 aromatic rings. The van der Waals surface area contributed by atoms with Crippen LogP contribution < -0.4 is 0 Å². The van der Waals surface area contributed by atoms with Crippen molar-refractivity contribution in [2.75, 3.05) is 20.0 Å². The van der Waals surface area contributed by atoms with Gasteiger partial charge < -0.3 is 0 Å². The van der Waals surface area contributed by atoms with Crippen LogP contribution >= 0.6 is 0 Å². The Morgan fingerprint density at radius 3 is 2.00 bits per heavy atom. The van der Waals surface area contributed by atoms with Gasteiger partial charge in [0.1, 0.15) is 0 Å². The molecule has 0 saturated heterocycles. The molecule has 0 saturated carbocycles. The van der Waals surface area contributed by atoms with Gasteiger partial charge in [0.15, 0.2) is 0 Å². The van der Waals surface area contributed by atoms with Crippen LogP contribution in [0, 0.1) is 0 Å². The summed E-state index contributed by atoms with van der Waals surface area (Å²) < 4.78 is 11.6. The van der Waals surface area contributed by atoms with E-state index in [-0.39, 0.29) is 0 Å². The van der Waals surface area contributed by atoms with E-state index in [2.05, 4.69) is 31.6 Å². The Morgan fingerprint density at radius 2 is 1.39 bits per heavy atom. The van der Waals surface area contributed by atoms with Gasteiger partial charge in [-0.1, -0.05) is 26.2 Å². The van der Waals surface area contributed by atoms with Crippen molar-refractivity contribution in [1.82, 2.24) is 0 Å². The first kappa shape index (κ1) is 18.5. The van der Waals surface area contributed by atoms with Gasteiger partial charge in [-0.25, -0.2) is 0 Å². The van der Waals surface area contributed by atoms with Gasteiger partial charge in [0.25, 0.3) is 0 Å². The maximum absolute atomic E-state index is 5.45. The zero-order chi connectivity index (χ0) is 13.5. The smallest absolute Gasteiger partial charge is 0.0654 e. The number of ether oxygens (including phenoxy) is 2. The maximum atomic E-state index is 5.45. The molecule has 0 rings (SSSR count). The van der Waals surface area contributed by atoms with Crippen LogP contribution in [0.25, 0.3) is 0 Å². The van der Waals surface area contributed by atoms with Gasteiger partial charge in [-0.3, -0.25) is 0 Å². The molecule has 0 amide bonds. The molecule has 0 bridgehead atoms. The molecule has 18 heavy (non-hydrogen) atoms. The molecule has 0 aliphatic rings. The van der Waals surface area contributed by atoms with Crippen LogP contribution in [0.3, 0.4) is 0 Å². The zero-order valence-electron chi connectivity index (χ0n) is 12.9. The third-order valence-corrected chi connectivity index (χ3v) is 3.13. The second-order valence-electron chi connectivity index (χ2n) is 5.59. The molecular weight excluding hydrogens is 219 g/mol. The Hall–Kier alpha value is 0.517. The summed E-state index contributed by atoms with van der Waals surface area (Å²) in [6.45, 7) is 6.69. The van der Waals surface area contributed by atoms with Crippen LogP contribution in [0.5, 0.6) is 0 Å². The Bertz CT molecular complexity index is 151. The molecule has 104 valence electrons. The fourth-order valence-electron chi connectivity index (χ4n) is 1.93. The van der Waals surface area contributed by atoms with Crippen molar-refractivity contribution in [1.29, 1.82) is 0 Å².